The lowest BCUT2D eigenvalue weighted by molar-refractivity contribution is -0.697. The lowest BCUT2D eigenvalue weighted by Gasteiger charge is -2.20. The Morgan fingerprint density at radius 1 is 0.314 bits per heavy atom. The van der Waals surface area contributed by atoms with Crippen LogP contribution in [0.15, 0.2) is 195 Å². The maximum atomic E-state index is 12.0. The summed E-state index contributed by atoms with van der Waals surface area (Å²) in [6.45, 7) is 2.83. The van der Waals surface area contributed by atoms with Crippen LogP contribution in [-0.4, -0.2) is 23.4 Å². The molecule has 12 aliphatic rings. The molecule has 1 aliphatic carbocycles. The molecule has 15 heterocycles. The number of phenolic OH excluding ortho intramolecular Hbond substituents is 2. The van der Waals surface area contributed by atoms with Gasteiger partial charge in [-0.1, -0.05) is 72.8 Å². The number of hydrogen-bond acceptors (Lipinski definition) is 4. The van der Waals surface area contributed by atoms with Crippen molar-refractivity contribution in [1.29, 1.82) is 0 Å². The molecule has 20 bridgehead atoms. The molecule has 0 spiro atoms. The van der Waals surface area contributed by atoms with E-state index >= 15 is 0 Å². The number of rotatable bonds is 0. The number of fused-ring (bicyclic) bond motifs is 1. The summed E-state index contributed by atoms with van der Waals surface area (Å²) in [7, 11) is 0. The number of aryl methyl sites for hydroxylation is 2. The van der Waals surface area contributed by atoms with E-state index in [0.29, 0.717) is 50.4 Å². The maximum Gasteiger partial charge on any atom is 0.211 e. The number of benzene rings is 5. The summed E-state index contributed by atoms with van der Waals surface area (Å²) < 4.78 is 22.3. The highest BCUT2D eigenvalue weighted by atomic mass is 16.5. The van der Waals surface area contributed by atoms with Crippen LogP contribution in [-0.2, 0) is 38.8 Å². The molecule has 8 nitrogen and oxygen atoms in total. The van der Waals surface area contributed by atoms with E-state index in [9.17, 15) is 10.2 Å². The van der Waals surface area contributed by atoms with Crippen LogP contribution >= 0.6 is 0 Å². The quantitative estimate of drug-likeness (QED) is 0.149. The van der Waals surface area contributed by atoms with Crippen LogP contribution in [0.5, 0.6) is 23.0 Å². The van der Waals surface area contributed by atoms with E-state index in [2.05, 4.69) is 177 Å². The van der Waals surface area contributed by atoms with Crippen molar-refractivity contribution in [3.05, 3.63) is 240 Å². The highest BCUT2D eigenvalue weighted by Crippen LogP contribution is 2.38. The Kier molecular flexibility index (Phi) is 12.8. The van der Waals surface area contributed by atoms with Crippen LogP contribution in [0.4, 0.5) is 0 Å². The third-order valence-corrected chi connectivity index (χ3v) is 14.0. The number of hydrogen-bond donors (Lipinski definition) is 2. The summed E-state index contributed by atoms with van der Waals surface area (Å²) in [5.41, 5.74) is 14.3. The highest BCUT2D eigenvalue weighted by Gasteiger charge is 2.21. The number of nitrogens with zero attached hydrogens (tertiary/aromatic N) is 4. The first-order chi connectivity index (χ1) is 34.5. The van der Waals surface area contributed by atoms with Gasteiger partial charge in [0.25, 0.3) is 0 Å². The minimum atomic E-state index is 0.298. The predicted molar refractivity (Wildman–Crippen MR) is 271 cm³/mol. The van der Waals surface area contributed by atoms with E-state index < -0.39 is 0 Å². The summed E-state index contributed by atoms with van der Waals surface area (Å²) in [6, 6.07) is 50.7. The summed E-state index contributed by atoms with van der Waals surface area (Å²) >= 11 is 0. The third-order valence-electron chi connectivity index (χ3n) is 14.0. The molecular weight excluding hydrogens is 865 g/mol. The first-order valence-electron chi connectivity index (χ1n) is 24.7. The van der Waals surface area contributed by atoms with Gasteiger partial charge in [0.1, 0.15) is 36.1 Å². The Morgan fingerprint density at radius 3 is 0.914 bits per heavy atom. The molecule has 11 aliphatic heterocycles. The summed E-state index contributed by atoms with van der Waals surface area (Å²) in [4.78, 5) is 0. The lowest BCUT2D eigenvalue weighted by Crippen LogP contribution is -2.33. The van der Waals surface area contributed by atoms with Gasteiger partial charge < -0.3 is 19.7 Å². The zero-order valence-electron chi connectivity index (χ0n) is 39.5. The molecule has 8 heteroatoms. The summed E-state index contributed by atoms with van der Waals surface area (Å²) in [6.07, 6.45) is 22.8. The van der Waals surface area contributed by atoms with Crippen molar-refractivity contribution >= 4 is 0 Å². The average molecular weight is 923 g/mol. The Balaban J connectivity index is 0.904. The van der Waals surface area contributed by atoms with Gasteiger partial charge in [0.2, 0.25) is 11.4 Å². The van der Waals surface area contributed by atoms with Gasteiger partial charge in [0.05, 0.1) is 13.2 Å². The van der Waals surface area contributed by atoms with Crippen LogP contribution < -0.4 is 27.7 Å². The average Bonchev–Trinajstić information content (AvgIpc) is 3.40. The fraction of sp³-hybridized carbons (Fsp3) is 0.194. The normalized spacial score (nSPS) is 13.9. The molecule has 70 heavy (non-hydrogen) atoms. The van der Waals surface area contributed by atoms with Crippen molar-refractivity contribution in [1.82, 2.24) is 0 Å². The van der Waals surface area contributed by atoms with Crippen molar-refractivity contribution in [3.8, 4) is 56.6 Å². The van der Waals surface area contributed by atoms with Gasteiger partial charge in [-0.2, -0.15) is 9.13 Å². The molecule has 2 N–H and O–H groups in total. The fourth-order valence-corrected chi connectivity index (χ4v) is 10.0. The van der Waals surface area contributed by atoms with Gasteiger partial charge >= 0.3 is 0 Å². The van der Waals surface area contributed by atoms with E-state index in [1.54, 1.807) is 0 Å². The van der Waals surface area contributed by atoms with Crippen LogP contribution in [0.1, 0.15) is 70.2 Å². The Hall–Kier alpha value is -8.10. The second kappa shape index (κ2) is 20.2. The molecule has 0 atom stereocenters. The number of para-hydroxylation sites is 4. The molecule has 0 amide bonds. The van der Waals surface area contributed by atoms with E-state index in [1.807, 2.05) is 36.4 Å². The number of pyridine rings is 4. The van der Waals surface area contributed by atoms with Gasteiger partial charge in [-0.25, -0.2) is 9.13 Å². The van der Waals surface area contributed by atoms with Crippen LogP contribution in [0.2, 0.25) is 0 Å². The number of aromatic nitrogens is 4. The van der Waals surface area contributed by atoms with Crippen molar-refractivity contribution in [3.63, 3.8) is 0 Å². The zero-order chi connectivity index (χ0) is 47.2. The molecule has 0 unspecified atom stereocenters. The van der Waals surface area contributed by atoms with Crippen molar-refractivity contribution in [2.24, 2.45) is 0 Å². The topological polar surface area (TPSA) is 74.4 Å². The van der Waals surface area contributed by atoms with Crippen LogP contribution in [0.25, 0.3) is 33.6 Å². The molecule has 5 aromatic carbocycles. The van der Waals surface area contributed by atoms with E-state index in [0.717, 1.165) is 117 Å². The minimum absolute atomic E-state index is 0.298. The number of ether oxygens (including phenoxy) is 2. The first-order valence-corrected chi connectivity index (χ1v) is 24.7. The fourth-order valence-electron chi connectivity index (χ4n) is 10.0. The van der Waals surface area contributed by atoms with Crippen molar-refractivity contribution in [2.45, 2.75) is 64.5 Å². The largest absolute Gasteiger partial charge is 0.507 e. The molecule has 9 aromatic rings. The highest BCUT2D eigenvalue weighted by molar-refractivity contribution is 5.62. The molecule has 0 fully saturated rings. The van der Waals surface area contributed by atoms with Crippen molar-refractivity contribution < 1.29 is 38.0 Å². The second-order valence-corrected chi connectivity index (χ2v) is 18.6. The molecule has 346 valence electrons. The Labute approximate surface area is 410 Å². The zero-order valence-corrected chi connectivity index (χ0v) is 39.5. The van der Waals surface area contributed by atoms with E-state index in [-0.39, 0.29) is 0 Å². The molecule has 0 saturated carbocycles. The van der Waals surface area contributed by atoms with Crippen LogP contribution in [0.3, 0.4) is 0 Å². The summed E-state index contributed by atoms with van der Waals surface area (Å²) in [5.74, 6) is 2.24. The van der Waals surface area contributed by atoms with Gasteiger partial charge in [-0.15, -0.1) is 0 Å². The number of aromatic hydroxyl groups is 2. The van der Waals surface area contributed by atoms with Gasteiger partial charge in [-0.3, -0.25) is 0 Å². The SMILES string of the molecule is Oc1c2cccc1Cc1cccc3c1OCCCC[n+]1ccc(cc1)-c1cc[n+](cc1)-c1ccc(cc1)-[n+]1ccc(cc1)-c1cc[n+](cc1)CCCCOc1c(cccc1Cc1cccc(c1O)C3)C2. The molecule has 21 rings (SSSR count). The predicted octanol–water partition coefficient (Wildman–Crippen LogP) is 10.3. The van der Waals surface area contributed by atoms with Gasteiger partial charge in [0.15, 0.2) is 49.6 Å². The maximum absolute atomic E-state index is 12.0. The van der Waals surface area contributed by atoms with E-state index in [1.165, 1.54) is 11.1 Å². The lowest BCUT2D eigenvalue weighted by atomic mass is 9.91. The van der Waals surface area contributed by atoms with Crippen molar-refractivity contribution in [2.75, 3.05) is 13.2 Å². The first kappa shape index (κ1) is 44.4. The molecule has 0 radical (unpaired) electrons. The monoisotopic (exact) mass is 922 g/mol. The Bertz CT molecular complexity index is 2960. The second-order valence-electron chi connectivity index (χ2n) is 18.6. The van der Waals surface area contributed by atoms with Gasteiger partial charge in [0, 0.05) is 111 Å². The summed E-state index contributed by atoms with van der Waals surface area (Å²) in [5, 5.41) is 23.9. The molecule has 4 aromatic heterocycles. The van der Waals surface area contributed by atoms with E-state index in [4.69, 9.17) is 9.47 Å². The third kappa shape index (κ3) is 9.76. The smallest absolute Gasteiger partial charge is 0.211 e. The number of phenols is 2. The molecular formula is C62H58N4O4+4. The Morgan fingerprint density at radius 2 is 0.600 bits per heavy atom. The standard InChI is InChI=1S/C62H56N4O4/c67-59-49-9-5-11-51(59)43-55-15-8-16-56-44-52-12-6-10-50(60(52)68)42-54-14-7-13-53(41-49)61(54)69-39-3-1-29-63-31-21-45(22-32-63)47-25-35-65(36-26-47)57-17-19-58(20-18-57)66-37-27-48(28-38-66)46-23-33-64(34-24-46)30-2-4-40-70-62(55)56/h5-28,31-38H,1-4,29-30,39-44H2/q+2/p+2. The minimum Gasteiger partial charge on any atom is -0.507 e. The van der Waals surface area contributed by atoms with Crippen LogP contribution in [0, 0.1) is 0 Å². The molecule has 0 saturated heterocycles. The van der Waals surface area contributed by atoms with Gasteiger partial charge in [-0.05, 0) is 79.6 Å².